The summed E-state index contributed by atoms with van der Waals surface area (Å²) in [6.45, 7) is 6.02. The van der Waals surface area contributed by atoms with Gasteiger partial charge < -0.3 is 14.7 Å². The Morgan fingerprint density at radius 2 is 2.33 bits per heavy atom. The zero-order chi connectivity index (χ0) is 13.2. The topological polar surface area (TPSA) is 45.6 Å². The van der Waals surface area contributed by atoms with E-state index in [0.717, 1.165) is 42.9 Å². The lowest BCUT2D eigenvalue weighted by Gasteiger charge is -2.41. The molecular formula is C14H22N2O2. The monoisotopic (exact) mass is 250 g/mol. The van der Waals surface area contributed by atoms with Gasteiger partial charge in [-0.15, -0.1) is 0 Å². The van der Waals surface area contributed by atoms with Crippen molar-refractivity contribution in [2.24, 2.45) is 0 Å². The molecule has 0 radical (unpaired) electrons. The SMILES string of the molecule is COC1(C)CCCN(c2cc(C)ncc2CO)C1. The second-order valence-corrected chi connectivity index (χ2v) is 5.29. The predicted molar refractivity (Wildman–Crippen MR) is 71.8 cm³/mol. The fourth-order valence-corrected chi connectivity index (χ4v) is 2.57. The number of ether oxygens (including phenoxy) is 1. The molecule has 0 amide bonds. The number of rotatable bonds is 3. The van der Waals surface area contributed by atoms with Crippen LogP contribution in [0.4, 0.5) is 5.69 Å². The summed E-state index contributed by atoms with van der Waals surface area (Å²) in [5, 5.41) is 9.43. The normalized spacial score (nSPS) is 24.3. The van der Waals surface area contributed by atoms with E-state index in [1.165, 1.54) is 0 Å². The fourth-order valence-electron chi connectivity index (χ4n) is 2.57. The fraction of sp³-hybridized carbons (Fsp3) is 0.643. The zero-order valence-corrected chi connectivity index (χ0v) is 11.4. The van der Waals surface area contributed by atoms with E-state index in [1.54, 1.807) is 13.3 Å². The summed E-state index contributed by atoms with van der Waals surface area (Å²) in [6.07, 6.45) is 3.96. The third-order valence-corrected chi connectivity index (χ3v) is 3.76. The van der Waals surface area contributed by atoms with E-state index >= 15 is 0 Å². The molecule has 1 aliphatic rings. The summed E-state index contributed by atoms with van der Waals surface area (Å²) < 4.78 is 5.61. The van der Waals surface area contributed by atoms with Crippen LogP contribution >= 0.6 is 0 Å². The Balaban J connectivity index is 2.28. The Hall–Kier alpha value is -1.13. The predicted octanol–water partition coefficient (Wildman–Crippen LogP) is 1.89. The highest BCUT2D eigenvalue weighted by molar-refractivity contribution is 5.54. The summed E-state index contributed by atoms with van der Waals surface area (Å²) >= 11 is 0. The molecule has 1 unspecified atom stereocenters. The van der Waals surface area contributed by atoms with Gasteiger partial charge in [-0.25, -0.2) is 0 Å². The molecule has 2 heterocycles. The van der Waals surface area contributed by atoms with Crippen LogP contribution in [0.3, 0.4) is 0 Å². The molecule has 2 rings (SSSR count). The summed E-state index contributed by atoms with van der Waals surface area (Å²) in [4.78, 5) is 6.54. The number of hydrogen-bond acceptors (Lipinski definition) is 4. The summed E-state index contributed by atoms with van der Waals surface area (Å²) in [6, 6.07) is 2.05. The average Bonchev–Trinajstić information content (AvgIpc) is 2.39. The molecule has 0 bridgehead atoms. The molecule has 1 fully saturated rings. The number of aryl methyl sites for hydroxylation is 1. The highest BCUT2D eigenvalue weighted by atomic mass is 16.5. The van der Waals surface area contributed by atoms with Gasteiger partial charge in [0.2, 0.25) is 0 Å². The van der Waals surface area contributed by atoms with E-state index in [2.05, 4.69) is 16.8 Å². The molecule has 0 saturated carbocycles. The minimum atomic E-state index is -0.0951. The lowest BCUT2D eigenvalue weighted by atomic mass is 9.94. The summed E-state index contributed by atoms with van der Waals surface area (Å²) in [7, 11) is 1.77. The lowest BCUT2D eigenvalue weighted by molar-refractivity contribution is -0.00472. The second-order valence-electron chi connectivity index (χ2n) is 5.29. The molecule has 1 saturated heterocycles. The Bertz CT molecular complexity index is 422. The van der Waals surface area contributed by atoms with E-state index in [0.29, 0.717) is 0 Å². The maximum absolute atomic E-state index is 9.43. The van der Waals surface area contributed by atoms with Crippen molar-refractivity contribution in [1.82, 2.24) is 4.98 Å². The van der Waals surface area contributed by atoms with Crippen molar-refractivity contribution in [2.75, 3.05) is 25.1 Å². The zero-order valence-electron chi connectivity index (χ0n) is 11.4. The largest absolute Gasteiger partial charge is 0.392 e. The first-order valence-electron chi connectivity index (χ1n) is 6.44. The number of piperidine rings is 1. The molecule has 4 heteroatoms. The van der Waals surface area contributed by atoms with Gasteiger partial charge in [0.1, 0.15) is 0 Å². The smallest absolute Gasteiger partial charge is 0.0825 e. The van der Waals surface area contributed by atoms with Gasteiger partial charge >= 0.3 is 0 Å². The number of methoxy groups -OCH3 is 1. The van der Waals surface area contributed by atoms with E-state index in [-0.39, 0.29) is 12.2 Å². The van der Waals surface area contributed by atoms with E-state index in [1.807, 2.05) is 13.0 Å². The van der Waals surface area contributed by atoms with Gasteiger partial charge in [-0.05, 0) is 32.8 Å². The molecule has 1 aromatic rings. The van der Waals surface area contributed by atoms with Gasteiger partial charge in [0, 0.05) is 43.3 Å². The Kier molecular flexibility index (Phi) is 3.88. The van der Waals surface area contributed by atoms with Crippen LogP contribution in [0.2, 0.25) is 0 Å². The minimum absolute atomic E-state index is 0.0306. The van der Waals surface area contributed by atoms with Crippen molar-refractivity contribution in [3.05, 3.63) is 23.5 Å². The van der Waals surface area contributed by atoms with Crippen LogP contribution in [0.25, 0.3) is 0 Å². The van der Waals surface area contributed by atoms with Crippen molar-refractivity contribution in [3.8, 4) is 0 Å². The first kappa shape index (κ1) is 13.3. The molecule has 1 N–H and O–H groups in total. The standard InChI is InChI=1S/C14H22N2O2/c1-11-7-13(12(9-17)8-15-11)16-6-4-5-14(2,10-16)18-3/h7-8,17H,4-6,9-10H2,1-3H3. The first-order valence-corrected chi connectivity index (χ1v) is 6.44. The van der Waals surface area contributed by atoms with Crippen LogP contribution in [0, 0.1) is 6.92 Å². The Morgan fingerprint density at radius 3 is 3.00 bits per heavy atom. The molecular weight excluding hydrogens is 228 g/mol. The quantitative estimate of drug-likeness (QED) is 0.890. The molecule has 18 heavy (non-hydrogen) atoms. The third kappa shape index (κ3) is 2.65. The maximum Gasteiger partial charge on any atom is 0.0825 e. The van der Waals surface area contributed by atoms with Crippen LogP contribution in [-0.2, 0) is 11.3 Å². The number of aromatic nitrogens is 1. The number of nitrogens with zero attached hydrogens (tertiary/aromatic N) is 2. The molecule has 1 atom stereocenters. The average molecular weight is 250 g/mol. The molecule has 0 spiro atoms. The second kappa shape index (κ2) is 5.24. The van der Waals surface area contributed by atoms with E-state index < -0.39 is 0 Å². The van der Waals surface area contributed by atoms with Crippen molar-refractivity contribution in [3.63, 3.8) is 0 Å². The van der Waals surface area contributed by atoms with Gasteiger partial charge in [-0.3, -0.25) is 4.98 Å². The van der Waals surface area contributed by atoms with Gasteiger partial charge in [-0.2, -0.15) is 0 Å². The first-order chi connectivity index (χ1) is 8.58. The Morgan fingerprint density at radius 1 is 1.56 bits per heavy atom. The van der Waals surface area contributed by atoms with Gasteiger partial charge in [0.25, 0.3) is 0 Å². The van der Waals surface area contributed by atoms with E-state index in [9.17, 15) is 5.11 Å². The molecule has 1 aliphatic heterocycles. The van der Waals surface area contributed by atoms with Gasteiger partial charge in [0.15, 0.2) is 0 Å². The number of anilines is 1. The molecule has 0 aliphatic carbocycles. The number of aliphatic hydroxyl groups is 1. The minimum Gasteiger partial charge on any atom is -0.392 e. The van der Waals surface area contributed by atoms with Crippen molar-refractivity contribution in [2.45, 2.75) is 38.9 Å². The molecule has 1 aromatic heterocycles. The summed E-state index contributed by atoms with van der Waals surface area (Å²) in [5.41, 5.74) is 2.86. The number of pyridine rings is 1. The summed E-state index contributed by atoms with van der Waals surface area (Å²) in [5.74, 6) is 0. The number of aliphatic hydroxyl groups excluding tert-OH is 1. The molecule has 4 nitrogen and oxygen atoms in total. The van der Waals surface area contributed by atoms with E-state index in [4.69, 9.17) is 4.74 Å². The van der Waals surface area contributed by atoms with Crippen molar-refractivity contribution in [1.29, 1.82) is 0 Å². The van der Waals surface area contributed by atoms with Gasteiger partial charge in [0.05, 0.1) is 12.2 Å². The van der Waals surface area contributed by atoms with Crippen LogP contribution in [0.1, 0.15) is 31.0 Å². The van der Waals surface area contributed by atoms with Crippen molar-refractivity contribution < 1.29 is 9.84 Å². The molecule has 100 valence electrons. The maximum atomic E-state index is 9.43. The van der Waals surface area contributed by atoms with Crippen LogP contribution in [0.15, 0.2) is 12.3 Å². The van der Waals surface area contributed by atoms with Crippen molar-refractivity contribution >= 4 is 5.69 Å². The number of hydrogen-bond donors (Lipinski definition) is 1. The molecule has 0 aromatic carbocycles. The highest BCUT2D eigenvalue weighted by Gasteiger charge is 2.31. The third-order valence-electron chi connectivity index (χ3n) is 3.76. The van der Waals surface area contributed by atoms with Gasteiger partial charge in [-0.1, -0.05) is 0 Å². The van der Waals surface area contributed by atoms with Crippen LogP contribution < -0.4 is 4.90 Å². The Labute approximate surface area is 109 Å². The van der Waals surface area contributed by atoms with Crippen LogP contribution in [0.5, 0.6) is 0 Å². The van der Waals surface area contributed by atoms with Crippen LogP contribution in [-0.4, -0.2) is 35.9 Å². The highest BCUT2D eigenvalue weighted by Crippen LogP contribution is 2.30. The lowest BCUT2D eigenvalue weighted by Crippen LogP contribution is -2.47.